The van der Waals surface area contributed by atoms with Crippen molar-refractivity contribution < 1.29 is 4.79 Å². The summed E-state index contributed by atoms with van der Waals surface area (Å²) in [5.74, 6) is 0.213. The van der Waals surface area contributed by atoms with E-state index in [1.54, 1.807) is 24.7 Å². The molecule has 1 amide bonds. The van der Waals surface area contributed by atoms with Crippen LogP contribution in [0.2, 0.25) is 0 Å². The molecule has 0 saturated heterocycles. The number of aromatic nitrogens is 3. The Morgan fingerprint density at radius 2 is 1.86 bits per heavy atom. The van der Waals surface area contributed by atoms with Crippen molar-refractivity contribution in [1.82, 2.24) is 20.3 Å². The zero-order valence-electron chi connectivity index (χ0n) is 12.4. The van der Waals surface area contributed by atoms with Gasteiger partial charge in [-0.3, -0.25) is 9.78 Å². The number of carbonyl (C=O) groups is 1. The summed E-state index contributed by atoms with van der Waals surface area (Å²) < 4.78 is 0. The van der Waals surface area contributed by atoms with E-state index in [1.807, 2.05) is 32.9 Å². The topological polar surface area (TPSA) is 79.8 Å². The normalized spacial score (nSPS) is 11.0. The van der Waals surface area contributed by atoms with Gasteiger partial charge in [-0.25, -0.2) is 9.97 Å². The number of anilines is 1. The number of hydrogen-bond donors (Lipinski definition) is 2. The second-order valence-corrected chi connectivity index (χ2v) is 5.68. The molecule has 2 heterocycles. The smallest absolute Gasteiger partial charge is 0.270 e. The molecule has 6 nitrogen and oxygen atoms in total. The second kappa shape index (κ2) is 6.30. The number of amides is 1. The van der Waals surface area contributed by atoms with Crippen LogP contribution in [-0.4, -0.2) is 26.4 Å². The van der Waals surface area contributed by atoms with Crippen molar-refractivity contribution in [2.24, 2.45) is 0 Å². The summed E-state index contributed by atoms with van der Waals surface area (Å²) in [7, 11) is 0. The standard InChI is InChI=1S/C15H19N5O/c1-15(2,3)20-13(21)12-6-9-17-14(19-12)18-10-11-4-7-16-8-5-11/h4-9H,10H2,1-3H3,(H,20,21)(H,17,18,19). The molecular weight excluding hydrogens is 266 g/mol. The van der Waals surface area contributed by atoms with Crippen LogP contribution in [0, 0.1) is 0 Å². The highest BCUT2D eigenvalue weighted by atomic mass is 16.2. The minimum atomic E-state index is -0.299. The maximum absolute atomic E-state index is 12.0. The largest absolute Gasteiger partial charge is 0.350 e. The zero-order chi connectivity index (χ0) is 15.3. The SMILES string of the molecule is CC(C)(C)NC(=O)c1ccnc(NCc2ccncc2)n1. The first-order chi connectivity index (χ1) is 9.94. The quantitative estimate of drug-likeness (QED) is 0.898. The van der Waals surface area contributed by atoms with E-state index >= 15 is 0 Å². The molecular formula is C15H19N5O. The van der Waals surface area contributed by atoms with Gasteiger partial charge in [0.1, 0.15) is 5.69 Å². The van der Waals surface area contributed by atoms with Gasteiger partial charge in [0.25, 0.3) is 5.91 Å². The lowest BCUT2D eigenvalue weighted by molar-refractivity contribution is 0.0914. The minimum Gasteiger partial charge on any atom is -0.350 e. The molecule has 2 aromatic rings. The molecule has 2 N–H and O–H groups in total. The Morgan fingerprint density at radius 3 is 2.52 bits per heavy atom. The second-order valence-electron chi connectivity index (χ2n) is 5.68. The predicted octanol–water partition coefficient (Wildman–Crippen LogP) is 2.01. The Hall–Kier alpha value is -2.50. The molecule has 0 radical (unpaired) electrons. The van der Waals surface area contributed by atoms with Crippen molar-refractivity contribution in [3.8, 4) is 0 Å². The van der Waals surface area contributed by atoms with Gasteiger partial charge in [-0.15, -0.1) is 0 Å². The first-order valence-corrected chi connectivity index (χ1v) is 6.72. The Morgan fingerprint density at radius 1 is 1.14 bits per heavy atom. The van der Waals surface area contributed by atoms with Crippen molar-refractivity contribution in [3.63, 3.8) is 0 Å². The summed E-state index contributed by atoms with van der Waals surface area (Å²) in [6.45, 7) is 6.35. The molecule has 0 unspecified atom stereocenters. The molecule has 0 aliphatic heterocycles. The van der Waals surface area contributed by atoms with Crippen molar-refractivity contribution in [3.05, 3.63) is 48.0 Å². The van der Waals surface area contributed by atoms with Gasteiger partial charge >= 0.3 is 0 Å². The van der Waals surface area contributed by atoms with Crippen molar-refractivity contribution in [2.75, 3.05) is 5.32 Å². The van der Waals surface area contributed by atoms with E-state index in [0.29, 0.717) is 18.2 Å². The summed E-state index contributed by atoms with van der Waals surface area (Å²) >= 11 is 0. The first kappa shape index (κ1) is 14.9. The highest BCUT2D eigenvalue weighted by Crippen LogP contribution is 2.06. The average molecular weight is 285 g/mol. The van der Waals surface area contributed by atoms with Crippen LogP contribution in [0.3, 0.4) is 0 Å². The fourth-order valence-corrected chi connectivity index (χ4v) is 1.66. The molecule has 0 fully saturated rings. The molecule has 0 aliphatic rings. The molecule has 6 heteroatoms. The number of pyridine rings is 1. The highest BCUT2D eigenvalue weighted by molar-refractivity contribution is 5.92. The summed E-state index contributed by atoms with van der Waals surface area (Å²) in [6.07, 6.45) is 5.02. The van der Waals surface area contributed by atoms with Gasteiger partial charge in [-0.05, 0) is 44.5 Å². The summed E-state index contributed by atoms with van der Waals surface area (Å²) in [5, 5.41) is 5.96. The van der Waals surface area contributed by atoms with Crippen LogP contribution >= 0.6 is 0 Å². The lowest BCUT2D eigenvalue weighted by Crippen LogP contribution is -2.41. The fraction of sp³-hybridized carbons (Fsp3) is 0.333. The van der Waals surface area contributed by atoms with Gasteiger partial charge in [-0.1, -0.05) is 0 Å². The molecule has 110 valence electrons. The Balaban J connectivity index is 2.02. The third-order valence-corrected chi connectivity index (χ3v) is 2.58. The average Bonchev–Trinajstić information content (AvgIpc) is 2.45. The van der Waals surface area contributed by atoms with E-state index in [-0.39, 0.29) is 11.4 Å². The number of carbonyl (C=O) groups excluding carboxylic acids is 1. The van der Waals surface area contributed by atoms with Crippen molar-refractivity contribution in [2.45, 2.75) is 32.9 Å². The lowest BCUT2D eigenvalue weighted by Gasteiger charge is -2.20. The molecule has 2 rings (SSSR count). The summed E-state index contributed by atoms with van der Waals surface area (Å²) in [4.78, 5) is 24.3. The molecule has 0 aliphatic carbocycles. The van der Waals surface area contributed by atoms with Crippen molar-refractivity contribution in [1.29, 1.82) is 0 Å². The fourth-order valence-electron chi connectivity index (χ4n) is 1.66. The van der Waals surface area contributed by atoms with E-state index in [2.05, 4.69) is 25.6 Å². The van der Waals surface area contributed by atoms with Crippen LogP contribution in [0.1, 0.15) is 36.8 Å². The van der Waals surface area contributed by atoms with E-state index < -0.39 is 0 Å². The summed E-state index contributed by atoms with van der Waals surface area (Å²) in [6, 6.07) is 5.41. The molecule has 0 bridgehead atoms. The third-order valence-electron chi connectivity index (χ3n) is 2.58. The molecule has 0 spiro atoms. The van der Waals surface area contributed by atoms with Gasteiger partial charge in [0, 0.05) is 30.7 Å². The van der Waals surface area contributed by atoms with Gasteiger partial charge in [0.05, 0.1) is 0 Å². The van der Waals surface area contributed by atoms with Crippen LogP contribution < -0.4 is 10.6 Å². The first-order valence-electron chi connectivity index (χ1n) is 6.72. The van der Waals surface area contributed by atoms with Crippen LogP contribution in [0.4, 0.5) is 5.95 Å². The Bertz CT molecular complexity index is 607. The van der Waals surface area contributed by atoms with Gasteiger partial charge in [0.2, 0.25) is 5.95 Å². The number of nitrogens with one attached hydrogen (secondary N) is 2. The Labute approximate surface area is 124 Å². The molecule has 21 heavy (non-hydrogen) atoms. The van der Waals surface area contributed by atoms with E-state index in [9.17, 15) is 4.79 Å². The Kier molecular flexibility index (Phi) is 4.47. The van der Waals surface area contributed by atoms with Crippen LogP contribution in [-0.2, 0) is 6.54 Å². The molecule has 2 aromatic heterocycles. The highest BCUT2D eigenvalue weighted by Gasteiger charge is 2.16. The van der Waals surface area contributed by atoms with Crippen LogP contribution in [0.5, 0.6) is 0 Å². The molecule has 0 atom stereocenters. The molecule has 0 saturated carbocycles. The van der Waals surface area contributed by atoms with E-state index in [0.717, 1.165) is 5.56 Å². The monoisotopic (exact) mass is 285 g/mol. The summed E-state index contributed by atoms with van der Waals surface area (Å²) in [5.41, 5.74) is 1.11. The van der Waals surface area contributed by atoms with Gasteiger partial charge < -0.3 is 10.6 Å². The van der Waals surface area contributed by atoms with Crippen LogP contribution in [0.15, 0.2) is 36.8 Å². The lowest BCUT2D eigenvalue weighted by atomic mass is 10.1. The number of nitrogens with zero attached hydrogens (tertiary/aromatic N) is 3. The zero-order valence-corrected chi connectivity index (χ0v) is 12.4. The minimum absolute atomic E-state index is 0.211. The van der Waals surface area contributed by atoms with E-state index in [4.69, 9.17) is 0 Å². The van der Waals surface area contributed by atoms with Crippen LogP contribution in [0.25, 0.3) is 0 Å². The van der Waals surface area contributed by atoms with Gasteiger partial charge in [-0.2, -0.15) is 0 Å². The maximum Gasteiger partial charge on any atom is 0.270 e. The maximum atomic E-state index is 12.0. The number of rotatable bonds is 4. The number of hydrogen-bond acceptors (Lipinski definition) is 5. The van der Waals surface area contributed by atoms with E-state index in [1.165, 1.54) is 0 Å². The van der Waals surface area contributed by atoms with Gasteiger partial charge in [0.15, 0.2) is 0 Å². The third kappa shape index (κ3) is 4.83. The molecule has 0 aromatic carbocycles. The van der Waals surface area contributed by atoms with Crippen molar-refractivity contribution >= 4 is 11.9 Å². The predicted molar refractivity (Wildman–Crippen MR) is 80.8 cm³/mol.